The maximum atomic E-state index is 12.5. The SMILES string of the molecule is C[C@@H]1CC(N[C@H](C)c2ccccc2OC(F)(F)F)C[C@H](C)O1. The molecule has 1 fully saturated rings. The normalized spacial score (nSPS) is 27.5. The summed E-state index contributed by atoms with van der Waals surface area (Å²) in [7, 11) is 0. The Morgan fingerprint density at radius 1 is 1.18 bits per heavy atom. The topological polar surface area (TPSA) is 30.5 Å². The smallest absolute Gasteiger partial charge is 0.405 e. The molecule has 1 aliphatic rings. The second-order valence-corrected chi connectivity index (χ2v) is 5.90. The predicted molar refractivity (Wildman–Crippen MR) is 77.7 cm³/mol. The van der Waals surface area contributed by atoms with Gasteiger partial charge in [-0.25, -0.2) is 0 Å². The number of benzene rings is 1. The number of rotatable bonds is 4. The number of halogens is 3. The number of alkyl halides is 3. The Morgan fingerprint density at radius 3 is 2.36 bits per heavy atom. The first kappa shape index (κ1) is 17.1. The molecule has 0 saturated carbocycles. The van der Waals surface area contributed by atoms with E-state index in [0.717, 1.165) is 12.8 Å². The molecule has 124 valence electrons. The van der Waals surface area contributed by atoms with E-state index in [2.05, 4.69) is 10.1 Å². The lowest BCUT2D eigenvalue weighted by Crippen LogP contribution is -2.42. The van der Waals surface area contributed by atoms with Crippen LogP contribution in [0.15, 0.2) is 24.3 Å². The number of hydrogen-bond donors (Lipinski definition) is 1. The van der Waals surface area contributed by atoms with E-state index in [4.69, 9.17) is 4.74 Å². The minimum Gasteiger partial charge on any atom is -0.405 e. The van der Waals surface area contributed by atoms with Gasteiger partial charge >= 0.3 is 6.36 Å². The molecule has 22 heavy (non-hydrogen) atoms. The van der Waals surface area contributed by atoms with Crippen molar-refractivity contribution in [2.45, 2.75) is 64.3 Å². The molecule has 1 N–H and O–H groups in total. The van der Waals surface area contributed by atoms with E-state index < -0.39 is 6.36 Å². The lowest BCUT2D eigenvalue weighted by Gasteiger charge is -2.34. The van der Waals surface area contributed by atoms with Gasteiger partial charge in [-0.15, -0.1) is 13.2 Å². The average molecular weight is 317 g/mol. The van der Waals surface area contributed by atoms with E-state index in [-0.39, 0.29) is 30.0 Å². The molecule has 1 saturated heterocycles. The molecular formula is C16H22F3NO2. The monoisotopic (exact) mass is 317 g/mol. The molecule has 0 aromatic heterocycles. The lowest BCUT2D eigenvalue weighted by molar-refractivity contribution is -0.275. The van der Waals surface area contributed by atoms with E-state index in [0.29, 0.717) is 5.56 Å². The van der Waals surface area contributed by atoms with E-state index in [9.17, 15) is 13.2 Å². The summed E-state index contributed by atoms with van der Waals surface area (Å²) in [6, 6.07) is 6.23. The Hall–Kier alpha value is -1.27. The van der Waals surface area contributed by atoms with Crippen molar-refractivity contribution in [3.05, 3.63) is 29.8 Å². The first-order valence-corrected chi connectivity index (χ1v) is 7.51. The highest BCUT2D eigenvalue weighted by molar-refractivity contribution is 5.35. The largest absolute Gasteiger partial charge is 0.573 e. The molecule has 0 aliphatic carbocycles. The van der Waals surface area contributed by atoms with Gasteiger partial charge in [0.2, 0.25) is 0 Å². The minimum absolute atomic E-state index is 0.148. The first-order chi connectivity index (χ1) is 10.2. The van der Waals surface area contributed by atoms with Crippen molar-refractivity contribution in [3.8, 4) is 5.75 Å². The summed E-state index contributed by atoms with van der Waals surface area (Å²) in [4.78, 5) is 0. The summed E-state index contributed by atoms with van der Waals surface area (Å²) >= 11 is 0. The standard InChI is InChI=1S/C16H22F3NO2/c1-10-8-13(9-11(2)21-10)20-12(3)14-6-4-5-7-15(14)22-16(17,18)19/h4-7,10-13,20H,8-9H2,1-3H3/t10-,11+,12-,13?/m1/s1. The van der Waals surface area contributed by atoms with Gasteiger partial charge in [0.05, 0.1) is 12.2 Å². The van der Waals surface area contributed by atoms with Gasteiger partial charge in [-0.1, -0.05) is 18.2 Å². The van der Waals surface area contributed by atoms with Crippen LogP contribution in [0.3, 0.4) is 0 Å². The number of para-hydroxylation sites is 1. The van der Waals surface area contributed by atoms with Gasteiger partial charge in [-0.3, -0.25) is 0 Å². The van der Waals surface area contributed by atoms with E-state index in [1.807, 2.05) is 20.8 Å². The molecule has 1 heterocycles. The molecule has 4 atom stereocenters. The van der Waals surface area contributed by atoms with Crippen LogP contribution >= 0.6 is 0 Å². The molecule has 6 heteroatoms. The summed E-state index contributed by atoms with van der Waals surface area (Å²) < 4.78 is 47.3. The molecule has 1 aromatic rings. The van der Waals surface area contributed by atoms with Crippen LogP contribution in [0.25, 0.3) is 0 Å². The van der Waals surface area contributed by atoms with Crippen molar-refractivity contribution < 1.29 is 22.6 Å². The zero-order chi connectivity index (χ0) is 16.3. The second-order valence-electron chi connectivity index (χ2n) is 5.90. The lowest BCUT2D eigenvalue weighted by atomic mass is 9.97. The maximum absolute atomic E-state index is 12.5. The van der Waals surface area contributed by atoms with Crippen LogP contribution in [-0.2, 0) is 4.74 Å². The highest BCUT2D eigenvalue weighted by Crippen LogP contribution is 2.31. The number of ether oxygens (including phenoxy) is 2. The van der Waals surface area contributed by atoms with Crippen LogP contribution in [0.4, 0.5) is 13.2 Å². The van der Waals surface area contributed by atoms with Gasteiger partial charge in [0.1, 0.15) is 5.75 Å². The molecule has 1 aliphatic heterocycles. The predicted octanol–water partition coefficient (Wildman–Crippen LogP) is 4.19. The molecular weight excluding hydrogens is 295 g/mol. The van der Waals surface area contributed by atoms with Crippen molar-refractivity contribution >= 4 is 0 Å². The summed E-state index contributed by atoms with van der Waals surface area (Å²) in [5.74, 6) is -0.150. The number of nitrogens with one attached hydrogen (secondary N) is 1. The summed E-state index contributed by atoms with van der Waals surface area (Å²) in [5, 5.41) is 3.39. The quantitative estimate of drug-likeness (QED) is 0.903. The molecule has 2 rings (SSSR count). The minimum atomic E-state index is -4.68. The highest BCUT2D eigenvalue weighted by atomic mass is 19.4. The summed E-state index contributed by atoms with van der Waals surface area (Å²) in [5.41, 5.74) is 0.506. The zero-order valence-electron chi connectivity index (χ0n) is 13.0. The summed E-state index contributed by atoms with van der Waals surface area (Å²) in [6.45, 7) is 5.87. The van der Waals surface area contributed by atoms with Crippen molar-refractivity contribution in [2.24, 2.45) is 0 Å². The maximum Gasteiger partial charge on any atom is 0.573 e. The second kappa shape index (κ2) is 6.87. The van der Waals surface area contributed by atoms with Gasteiger partial charge in [-0.05, 0) is 39.7 Å². The molecule has 0 amide bonds. The van der Waals surface area contributed by atoms with Crippen LogP contribution in [0, 0.1) is 0 Å². The van der Waals surface area contributed by atoms with Crippen molar-refractivity contribution in [1.29, 1.82) is 0 Å². The van der Waals surface area contributed by atoms with Crippen LogP contribution in [0.1, 0.15) is 45.2 Å². The van der Waals surface area contributed by atoms with Gasteiger partial charge < -0.3 is 14.8 Å². The third-order valence-electron chi connectivity index (χ3n) is 3.79. The van der Waals surface area contributed by atoms with Crippen LogP contribution in [0.5, 0.6) is 5.75 Å². The van der Waals surface area contributed by atoms with E-state index in [1.54, 1.807) is 12.1 Å². The third-order valence-corrected chi connectivity index (χ3v) is 3.79. The zero-order valence-corrected chi connectivity index (χ0v) is 13.0. The third kappa shape index (κ3) is 4.88. The summed E-state index contributed by atoms with van der Waals surface area (Å²) in [6.07, 6.45) is -2.70. The first-order valence-electron chi connectivity index (χ1n) is 7.51. The molecule has 3 nitrogen and oxygen atoms in total. The Balaban J connectivity index is 2.07. The van der Waals surface area contributed by atoms with Crippen molar-refractivity contribution in [2.75, 3.05) is 0 Å². The Kier molecular flexibility index (Phi) is 5.34. The fourth-order valence-electron chi connectivity index (χ4n) is 3.04. The van der Waals surface area contributed by atoms with Gasteiger partial charge in [0.25, 0.3) is 0 Å². The molecule has 1 unspecified atom stereocenters. The van der Waals surface area contributed by atoms with E-state index >= 15 is 0 Å². The molecule has 0 spiro atoms. The fraction of sp³-hybridized carbons (Fsp3) is 0.625. The van der Waals surface area contributed by atoms with Gasteiger partial charge in [0, 0.05) is 17.6 Å². The average Bonchev–Trinajstić information content (AvgIpc) is 2.35. The molecule has 0 radical (unpaired) electrons. The fourth-order valence-corrected chi connectivity index (χ4v) is 3.04. The molecule has 0 bridgehead atoms. The van der Waals surface area contributed by atoms with Crippen LogP contribution in [-0.4, -0.2) is 24.6 Å². The Morgan fingerprint density at radius 2 is 1.77 bits per heavy atom. The molecule has 1 aromatic carbocycles. The number of hydrogen-bond acceptors (Lipinski definition) is 3. The van der Waals surface area contributed by atoms with Crippen molar-refractivity contribution in [1.82, 2.24) is 5.32 Å². The van der Waals surface area contributed by atoms with E-state index in [1.165, 1.54) is 12.1 Å². The van der Waals surface area contributed by atoms with Crippen LogP contribution in [0.2, 0.25) is 0 Å². The van der Waals surface area contributed by atoms with Gasteiger partial charge in [0.15, 0.2) is 0 Å². The Bertz CT molecular complexity index is 483. The van der Waals surface area contributed by atoms with Gasteiger partial charge in [-0.2, -0.15) is 0 Å². The highest BCUT2D eigenvalue weighted by Gasteiger charge is 2.33. The van der Waals surface area contributed by atoms with Crippen molar-refractivity contribution in [3.63, 3.8) is 0 Å². The van der Waals surface area contributed by atoms with Crippen LogP contribution < -0.4 is 10.1 Å². The Labute approximate surface area is 128 Å².